The largest absolute Gasteiger partial charge is 2.00 e. The third-order valence-corrected chi connectivity index (χ3v) is 15.6. The summed E-state index contributed by atoms with van der Waals surface area (Å²) in [5.74, 6) is 1.64. The smallest absolute Gasteiger partial charge is 0.789 e. The summed E-state index contributed by atoms with van der Waals surface area (Å²) in [5, 5.41) is 0. The molecule has 8 nitrogen and oxygen atoms in total. The Labute approximate surface area is 642 Å². The van der Waals surface area contributed by atoms with Crippen LogP contribution in [0, 0.1) is 0 Å². The maximum Gasteiger partial charge on any atom is 2.00 e. The maximum absolute atomic E-state index is 11.2. The predicted octanol–water partition coefficient (Wildman–Crippen LogP) is 23.5. The topological polar surface area (TPSA) is 105 Å². The van der Waals surface area contributed by atoms with Gasteiger partial charge in [0.1, 0.15) is 0 Å². The summed E-state index contributed by atoms with van der Waals surface area (Å²) in [6.45, 7) is 10.6. The van der Waals surface area contributed by atoms with Crippen LogP contribution in [0.2, 0.25) is 0 Å². The summed E-state index contributed by atoms with van der Waals surface area (Å²) in [6.07, 6.45) is 81.4. The van der Waals surface area contributed by atoms with Crippen LogP contribution in [0.15, 0.2) is 48.6 Å². The molecule has 0 saturated carbocycles. The van der Waals surface area contributed by atoms with Gasteiger partial charge in [0.25, 0.3) is 0 Å². The van der Waals surface area contributed by atoms with Gasteiger partial charge >= 0.3 is 71.7 Å². The van der Waals surface area contributed by atoms with Crippen molar-refractivity contribution in [2.24, 2.45) is 0 Å². The average Bonchev–Trinajstić information content (AvgIpc) is 3.56. The molecule has 0 saturated heterocycles. The quantitative estimate of drug-likeness (QED) is 0.0145. The average molecular weight is 1610 g/mol. The Morgan fingerprint density at radius 3 is 0.505 bits per heavy atom. The second-order valence-electron chi connectivity index (χ2n) is 23.6. The minimum absolute atomic E-state index is 0. The number of hydrogen-bond donors (Lipinski definition) is 0. The van der Waals surface area contributed by atoms with Crippen molar-refractivity contribution in [2.45, 2.75) is 376 Å². The first-order valence-corrected chi connectivity index (χ1v) is 39.1. The fraction of sp³-hybridized carbons (Fsp3) is 0.846. The van der Waals surface area contributed by atoms with Crippen molar-refractivity contribution in [1.82, 2.24) is 0 Å². The van der Waals surface area contributed by atoms with Gasteiger partial charge in [-0.3, -0.25) is 19.2 Å². The molecule has 15 heteroatoms. The van der Waals surface area contributed by atoms with Gasteiger partial charge in [-0.15, -0.1) is 23.0 Å². The van der Waals surface area contributed by atoms with E-state index in [0.717, 1.165) is 51.4 Å². The number of hydrogen-bond acceptors (Lipinski definition) is 12. The summed E-state index contributed by atoms with van der Waals surface area (Å²) in [7, 11) is 0. The number of esters is 4. The normalized spacial score (nSPS) is 10.6. The minimum Gasteiger partial charge on any atom is -0.789 e. The number of carbonyl (C=O) groups is 4. The van der Waals surface area contributed by atoms with Crippen LogP contribution in [0.1, 0.15) is 376 Å². The molecule has 0 aliphatic carbocycles. The standard InChI is InChI=1S/4C19H36O2S.2CH4.H2S.2Sn/c4*1-2-3-4-5-6-7-8-9-10-11-12-13-14-15-16-19(20)21-17-18-22;;;;;/h4*7-8,22H,2-6,9-18H2,1H3;2*1H4;1H2;;/q;;;;;;;2*+2/p-4/b4*8-7+;;;;;. The fourth-order valence-electron chi connectivity index (χ4n) is 9.56. The van der Waals surface area contributed by atoms with Crippen molar-refractivity contribution in [3.63, 3.8) is 0 Å². The molecule has 0 aromatic carbocycles. The zero-order chi connectivity index (χ0) is 65.2. The number of rotatable bonds is 64. The molecular weight excluding hydrogens is 1460 g/mol. The Kier molecular flexibility index (Phi) is 130. The first-order chi connectivity index (χ1) is 43.2. The Morgan fingerprint density at radius 1 is 0.237 bits per heavy atom. The molecule has 0 aliphatic rings. The first-order valence-electron chi connectivity index (χ1n) is 36.8. The van der Waals surface area contributed by atoms with Crippen LogP contribution in [0.25, 0.3) is 0 Å². The van der Waals surface area contributed by atoms with Gasteiger partial charge in [0.15, 0.2) is 0 Å². The molecule has 0 N–H and O–H groups in total. The maximum atomic E-state index is 11.2. The molecule has 0 aromatic heterocycles. The molecule has 0 aromatic rings. The van der Waals surface area contributed by atoms with Gasteiger partial charge in [0.05, 0.1) is 26.4 Å². The van der Waals surface area contributed by atoms with Gasteiger partial charge in [0, 0.05) is 25.7 Å². The molecule has 0 bridgehead atoms. The van der Waals surface area contributed by atoms with Crippen LogP contribution in [0.4, 0.5) is 0 Å². The Bertz CT molecular complexity index is 1290. The summed E-state index contributed by atoms with van der Waals surface area (Å²) < 4.78 is 19.8. The van der Waals surface area contributed by atoms with E-state index in [4.69, 9.17) is 69.5 Å². The monoisotopic (exact) mass is 1610 g/mol. The van der Waals surface area contributed by atoms with E-state index in [1.54, 1.807) is 0 Å². The molecule has 0 heterocycles. The van der Waals surface area contributed by atoms with Gasteiger partial charge in [-0.2, -0.15) is 13.5 Å². The summed E-state index contributed by atoms with van der Waals surface area (Å²) in [5.41, 5.74) is 0. The molecule has 0 spiro atoms. The van der Waals surface area contributed by atoms with Gasteiger partial charge in [0.2, 0.25) is 0 Å². The molecule has 0 fully saturated rings. The second-order valence-corrected chi connectivity index (χ2v) is 25.3. The second kappa shape index (κ2) is 108. The van der Waals surface area contributed by atoms with Crippen molar-refractivity contribution >= 4 is 136 Å². The first kappa shape index (κ1) is 112. The van der Waals surface area contributed by atoms with E-state index in [0.29, 0.717) is 75.1 Å². The molecular formula is C78H150O8S5Sn2. The van der Waals surface area contributed by atoms with Gasteiger partial charge in [-0.1, -0.05) is 271 Å². The van der Waals surface area contributed by atoms with Crippen LogP contribution in [0.5, 0.6) is 0 Å². The zero-order valence-corrected chi connectivity index (χ0v) is 69.4. The van der Waals surface area contributed by atoms with Gasteiger partial charge in [-0.05, 0) is 128 Å². The van der Waals surface area contributed by atoms with Crippen LogP contribution >= 0.6 is 13.5 Å². The van der Waals surface area contributed by atoms with E-state index in [1.807, 2.05) is 0 Å². The summed E-state index contributed by atoms with van der Waals surface area (Å²) >= 11 is 18.9. The molecule has 4 radical (unpaired) electrons. The van der Waals surface area contributed by atoms with Crippen LogP contribution in [0.3, 0.4) is 0 Å². The number of carbonyl (C=O) groups excluding carboxylic acids is 4. The molecule has 0 aliphatic heterocycles. The predicted molar refractivity (Wildman–Crippen MR) is 427 cm³/mol. The molecule has 0 amide bonds. The third-order valence-electron chi connectivity index (χ3n) is 15.0. The van der Waals surface area contributed by atoms with Gasteiger partial charge < -0.3 is 69.5 Å². The van der Waals surface area contributed by atoms with Crippen LogP contribution in [-0.2, 0) is 88.6 Å². The Balaban J connectivity index is -0.000000142. The molecule has 93 heavy (non-hydrogen) atoms. The van der Waals surface area contributed by atoms with Crippen molar-refractivity contribution in [3.05, 3.63) is 48.6 Å². The van der Waals surface area contributed by atoms with E-state index in [1.165, 1.54) is 257 Å². The molecule has 548 valence electrons. The number of allylic oxidation sites excluding steroid dienone is 8. The summed E-state index contributed by atoms with van der Waals surface area (Å²) in [4.78, 5) is 45.0. The van der Waals surface area contributed by atoms with Crippen LogP contribution < -0.4 is 0 Å². The van der Waals surface area contributed by atoms with E-state index in [-0.39, 0.29) is 100 Å². The van der Waals surface area contributed by atoms with Crippen molar-refractivity contribution in [3.8, 4) is 0 Å². The van der Waals surface area contributed by atoms with E-state index < -0.39 is 0 Å². The molecule has 0 rings (SSSR count). The SMILES string of the molecule is C.C.CCCCCC/C=C/CCCCCCCCC(=O)OCC[S-].CCCCCC/C=C/CCCCCCCCC(=O)OCC[S-].CCCCCC/C=C/CCCCCCCCC(=O)OCC[S-].CCCCCC/C=C/CCCCCCCCC(=O)OCC[S-].S.[Sn+2].[Sn+2]. The number of ether oxygens (including phenoxy) is 4. The minimum atomic E-state index is -0.0890. The summed E-state index contributed by atoms with van der Waals surface area (Å²) in [6, 6.07) is 0. The van der Waals surface area contributed by atoms with Crippen molar-refractivity contribution in [2.75, 3.05) is 49.4 Å². The fourth-order valence-corrected chi connectivity index (χ4v) is 9.90. The Hall–Kier alpha value is 0.187. The zero-order valence-electron chi connectivity index (χ0n) is 59.4. The number of unbranched alkanes of at least 4 members (excludes halogenated alkanes) is 40. The van der Waals surface area contributed by atoms with Crippen molar-refractivity contribution < 1.29 is 38.1 Å². The van der Waals surface area contributed by atoms with Crippen molar-refractivity contribution in [1.29, 1.82) is 0 Å². The van der Waals surface area contributed by atoms with E-state index in [9.17, 15) is 19.2 Å². The van der Waals surface area contributed by atoms with E-state index in [2.05, 4.69) is 76.3 Å². The van der Waals surface area contributed by atoms with Crippen LogP contribution in [-0.4, -0.2) is 121 Å². The van der Waals surface area contributed by atoms with E-state index >= 15 is 0 Å². The third kappa shape index (κ3) is 117. The Morgan fingerprint density at radius 2 is 0.366 bits per heavy atom. The molecule has 0 unspecified atom stereocenters. The molecule has 0 atom stereocenters. The van der Waals surface area contributed by atoms with Gasteiger partial charge in [-0.25, -0.2) is 0 Å².